The van der Waals surface area contributed by atoms with Crippen LogP contribution >= 0.6 is 22.9 Å². The van der Waals surface area contributed by atoms with Crippen molar-refractivity contribution in [2.45, 2.75) is 13.2 Å². The number of hydrogen-bond donors (Lipinski definition) is 1. The molecule has 0 radical (unpaired) electrons. The third-order valence-electron chi connectivity index (χ3n) is 4.48. The van der Waals surface area contributed by atoms with Gasteiger partial charge in [-0.05, 0) is 47.5 Å². The number of halogens is 2. The van der Waals surface area contributed by atoms with Gasteiger partial charge in [-0.2, -0.15) is 0 Å². The first kappa shape index (κ1) is 21.0. The lowest BCUT2D eigenvalue weighted by molar-refractivity contribution is 0.0946. The summed E-state index contributed by atoms with van der Waals surface area (Å²) >= 11 is 7.40. The second-order valence-electron chi connectivity index (χ2n) is 6.79. The van der Waals surface area contributed by atoms with Crippen LogP contribution in [0.25, 0.3) is 10.6 Å². The van der Waals surface area contributed by atoms with Crippen LogP contribution in [0.3, 0.4) is 0 Å². The van der Waals surface area contributed by atoms with Gasteiger partial charge in [-0.25, -0.2) is 9.37 Å². The fraction of sp³-hybridized carbons (Fsp3) is 0.0833. The number of amides is 1. The minimum Gasteiger partial charge on any atom is -0.489 e. The summed E-state index contributed by atoms with van der Waals surface area (Å²) in [5, 5.41) is 5.91. The number of benzene rings is 3. The van der Waals surface area contributed by atoms with Crippen molar-refractivity contribution < 1.29 is 13.9 Å². The molecule has 3 aromatic carbocycles. The second-order valence-corrected chi connectivity index (χ2v) is 8.09. The maximum absolute atomic E-state index is 13.0. The zero-order valence-electron chi connectivity index (χ0n) is 16.3. The highest BCUT2D eigenvalue weighted by Crippen LogP contribution is 2.27. The fourth-order valence-corrected chi connectivity index (χ4v) is 3.91. The molecule has 0 saturated carbocycles. The summed E-state index contributed by atoms with van der Waals surface area (Å²) in [6.07, 6.45) is 0. The zero-order chi connectivity index (χ0) is 21.6. The van der Waals surface area contributed by atoms with Gasteiger partial charge in [0.05, 0.1) is 0 Å². The van der Waals surface area contributed by atoms with Crippen LogP contribution in [0.15, 0.2) is 78.2 Å². The van der Waals surface area contributed by atoms with E-state index in [-0.39, 0.29) is 11.7 Å². The van der Waals surface area contributed by atoms with Crippen molar-refractivity contribution in [1.82, 2.24) is 10.3 Å². The Bertz CT molecular complexity index is 1190. The molecule has 0 spiro atoms. The number of rotatable bonds is 7. The van der Waals surface area contributed by atoms with E-state index in [9.17, 15) is 9.18 Å². The molecule has 0 fully saturated rings. The highest BCUT2D eigenvalue weighted by molar-refractivity contribution is 7.13. The Balaban J connectivity index is 1.39. The summed E-state index contributed by atoms with van der Waals surface area (Å²) in [4.78, 5) is 16.9. The molecule has 1 aromatic heterocycles. The lowest BCUT2D eigenvalue weighted by Gasteiger charge is -2.07. The lowest BCUT2D eigenvalue weighted by Crippen LogP contribution is -2.23. The van der Waals surface area contributed by atoms with Crippen LogP contribution < -0.4 is 10.1 Å². The number of thiazole rings is 1. The maximum Gasteiger partial charge on any atom is 0.271 e. The minimum absolute atomic E-state index is 0.278. The van der Waals surface area contributed by atoms with E-state index in [1.807, 2.05) is 48.5 Å². The Hall–Kier alpha value is -3.22. The molecule has 0 aliphatic heterocycles. The monoisotopic (exact) mass is 452 g/mol. The van der Waals surface area contributed by atoms with E-state index < -0.39 is 0 Å². The van der Waals surface area contributed by atoms with Crippen LogP contribution in [0.2, 0.25) is 5.02 Å². The van der Waals surface area contributed by atoms with Gasteiger partial charge in [0, 0.05) is 22.5 Å². The number of ether oxygens (including phenoxy) is 1. The highest BCUT2D eigenvalue weighted by atomic mass is 35.5. The van der Waals surface area contributed by atoms with Gasteiger partial charge in [0.15, 0.2) is 0 Å². The van der Waals surface area contributed by atoms with Crippen molar-refractivity contribution in [2.24, 2.45) is 0 Å². The van der Waals surface area contributed by atoms with E-state index in [1.54, 1.807) is 17.5 Å². The average molecular weight is 453 g/mol. The Kier molecular flexibility index (Phi) is 6.60. The molecule has 4 nitrogen and oxygen atoms in total. The Morgan fingerprint density at radius 3 is 2.65 bits per heavy atom. The largest absolute Gasteiger partial charge is 0.489 e. The van der Waals surface area contributed by atoms with Crippen molar-refractivity contribution in [3.63, 3.8) is 0 Å². The van der Waals surface area contributed by atoms with Gasteiger partial charge >= 0.3 is 0 Å². The third-order valence-corrected chi connectivity index (χ3v) is 5.61. The molecule has 1 heterocycles. The van der Waals surface area contributed by atoms with Gasteiger partial charge in [0.2, 0.25) is 0 Å². The summed E-state index contributed by atoms with van der Waals surface area (Å²) in [6.45, 7) is 0.706. The van der Waals surface area contributed by atoms with E-state index in [0.717, 1.165) is 21.7 Å². The molecule has 1 amide bonds. The highest BCUT2D eigenvalue weighted by Gasteiger charge is 2.12. The molecule has 0 saturated heterocycles. The van der Waals surface area contributed by atoms with Crippen LogP contribution in [0, 0.1) is 5.82 Å². The van der Waals surface area contributed by atoms with Gasteiger partial charge in [0.25, 0.3) is 5.91 Å². The van der Waals surface area contributed by atoms with E-state index in [4.69, 9.17) is 16.3 Å². The van der Waals surface area contributed by atoms with Crippen molar-refractivity contribution in [3.05, 3.63) is 106 Å². The molecule has 4 aromatic rings. The third kappa shape index (κ3) is 5.69. The van der Waals surface area contributed by atoms with Crippen molar-refractivity contribution >= 4 is 28.8 Å². The van der Waals surface area contributed by atoms with Gasteiger partial charge in [-0.3, -0.25) is 4.79 Å². The first-order valence-electron chi connectivity index (χ1n) is 9.53. The molecule has 7 heteroatoms. The predicted octanol–water partition coefficient (Wildman–Crippen LogP) is 6.11. The Labute approximate surface area is 188 Å². The summed E-state index contributed by atoms with van der Waals surface area (Å²) in [5.74, 6) is 0.119. The van der Waals surface area contributed by atoms with E-state index in [1.165, 1.54) is 23.5 Å². The Morgan fingerprint density at radius 2 is 1.84 bits per heavy atom. The van der Waals surface area contributed by atoms with Crippen LogP contribution in [0.4, 0.5) is 4.39 Å². The summed E-state index contributed by atoms with van der Waals surface area (Å²) in [6, 6.07) is 21.1. The summed E-state index contributed by atoms with van der Waals surface area (Å²) in [5.41, 5.74) is 3.00. The van der Waals surface area contributed by atoms with E-state index >= 15 is 0 Å². The number of carbonyl (C=O) groups excluding carboxylic acids is 1. The number of hydrogen-bond acceptors (Lipinski definition) is 4. The van der Waals surface area contributed by atoms with Crippen LogP contribution in [0.1, 0.15) is 21.6 Å². The molecular weight excluding hydrogens is 435 g/mol. The van der Waals surface area contributed by atoms with Crippen LogP contribution in [-0.2, 0) is 13.2 Å². The second kappa shape index (κ2) is 9.73. The van der Waals surface area contributed by atoms with Crippen LogP contribution in [-0.4, -0.2) is 10.9 Å². The molecule has 0 aliphatic carbocycles. The summed E-state index contributed by atoms with van der Waals surface area (Å²) in [7, 11) is 0. The molecular formula is C24H18ClFN2O2S. The smallest absolute Gasteiger partial charge is 0.271 e. The van der Waals surface area contributed by atoms with Gasteiger partial charge < -0.3 is 10.1 Å². The number of nitrogens with one attached hydrogen (secondary N) is 1. The molecule has 0 unspecified atom stereocenters. The van der Waals surface area contributed by atoms with Crippen molar-refractivity contribution in [1.29, 1.82) is 0 Å². The SMILES string of the molecule is O=C(NCc1ccc(F)cc1)c1csc(-c2cccc(OCc3cccc(Cl)c3)c2)n1. The average Bonchev–Trinajstić information content (AvgIpc) is 3.28. The molecule has 4 rings (SSSR count). The first-order chi connectivity index (χ1) is 15.1. The fourth-order valence-electron chi connectivity index (χ4n) is 2.90. The first-order valence-corrected chi connectivity index (χ1v) is 10.8. The minimum atomic E-state index is -0.307. The van der Waals surface area contributed by atoms with Gasteiger partial charge in [0.1, 0.15) is 28.9 Å². The normalized spacial score (nSPS) is 10.6. The molecule has 31 heavy (non-hydrogen) atoms. The van der Waals surface area contributed by atoms with Gasteiger partial charge in [-0.1, -0.05) is 48.0 Å². The van der Waals surface area contributed by atoms with Crippen molar-refractivity contribution in [3.8, 4) is 16.3 Å². The number of aromatic nitrogens is 1. The topological polar surface area (TPSA) is 51.2 Å². The van der Waals surface area contributed by atoms with E-state index in [0.29, 0.717) is 29.6 Å². The van der Waals surface area contributed by atoms with Gasteiger partial charge in [-0.15, -0.1) is 11.3 Å². The molecule has 0 atom stereocenters. The number of nitrogens with zero attached hydrogens (tertiary/aromatic N) is 1. The lowest BCUT2D eigenvalue weighted by atomic mass is 10.2. The summed E-state index contributed by atoms with van der Waals surface area (Å²) < 4.78 is 18.9. The number of carbonyl (C=O) groups is 1. The molecule has 1 N–H and O–H groups in total. The van der Waals surface area contributed by atoms with Crippen LogP contribution in [0.5, 0.6) is 5.75 Å². The quantitative estimate of drug-likeness (QED) is 0.368. The zero-order valence-corrected chi connectivity index (χ0v) is 17.9. The Morgan fingerprint density at radius 1 is 1.03 bits per heavy atom. The van der Waals surface area contributed by atoms with E-state index in [2.05, 4.69) is 10.3 Å². The standard InChI is InChI=1S/C24H18ClFN2O2S/c25-19-5-1-3-17(11-19)14-30-21-6-2-4-18(12-21)24-28-22(15-31-24)23(29)27-13-16-7-9-20(26)10-8-16/h1-12,15H,13-14H2,(H,27,29). The predicted molar refractivity (Wildman–Crippen MR) is 121 cm³/mol. The molecule has 0 aliphatic rings. The molecule has 0 bridgehead atoms. The molecule has 156 valence electrons. The van der Waals surface area contributed by atoms with Crippen molar-refractivity contribution in [2.75, 3.05) is 0 Å². The maximum atomic E-state index is 13.0.